The van der Waals surface area contributed by atoms with E-state index in [1.807, 2.05) is 5.32 Å². The van der Waals surface area contributed by atoms with Crippen molar-refractivity contribution in [1.29, 1.82) is 0 Å². The molecule has 1 amide bonds. The Morgan fingerprint density at radius 2 is 1.71 bits per heavy atom. The van der Waals surface area contributed by atoms with Crippen molar-refractivity contribution in [2.75, 3.05) is 7.11 Å². The van der Waals surface area contributed by atoms with Gasteiger partial charge in [0.2, 0.25) is 5.91 Å². The number of carbonyl (C=O) groups is 2. The van der Waals surface area contributed by atoms with Crippen LogP contribution in [0.4, 0.5) is 13.2 Å². The van der Waals surface area contributed by atoms with Gasteiger partial charge in [-0.2, -0.15) is 13.2 Å². The van der Waals surface area contributed by atoms with Crippen molar-refractivity contribution < 1.29 is 32.4 Å². The first-order valence-electron chi connectivity index (χ1n) is 8.27. The minimum atomic E-state index is -5.13. The lowest BCUT2D eigenvalue weighted by Crippen LogP contribution is -3.24. The van der Waals surface area contributed by atoms with E-state index in [1.54, 1.807) is 12.1 Å². The zero-order chi connectivity index (χ0) is 20.8. The Hall–Kier alpha value is -3.01. The normalized spacial score (nSPS) is 14.6. The highest BCUT2D eigenvalue weighted by atomic mass is 19.4. The number of methoxy groups -OCH3 is 1. The van der Waals surface area contributed by atoms with E-state index in [0.29, 0.717) is 11.1 Å². The summed E-state index contributed by atoms with van der Waals surface area (Å²) in [6, 6.07) is 6.24. The van der Waals surface area contributed by atoms with E-state index in [4.69, 9.17) is 0 Å². The summed E-state index contributed by atoms with van der Waals surface area (Å²) in [5.41, 5.74) is -2.35. The number of carbonyl (C=O) groups excluding carboxylic acids is 2. The molecule has 2 rings (SSSR count). The summed E-state index contributed by atoms with van der Waals surface area (Å²) in [4.78, 5) is 31.6. The van der Waals surface area contributed by atoms with Crippen LogP contribution in [0.1, 0.15) is 18.1 Å². The van der Waals surface area contributed by atoms with Gasteiger partial charge >= 0.3 is 17.8 Å². The minimum Gasteiger partial charge on any atom is -0.463 e. The van der Waals surface area contributed by atoms with Crippen LogP contribution in [0.25, 0.3) is 0 Å². The molecule has 10 heteroatoms. The summed E-state index contributed by atoms with van der Waals surface area (Å²) in [5, 5.41) is 1.81. The number of pyridine rings is 2. The van der Waals surface area contributed by atoms with Gasteiger partial charge in [-0.05, 0) is 18.2 Å². The third-order valence-electron chi connectivity index (χ3n) is 4.12. The van der Waals surface area contributed by atoms with Crippen molar-refractivity contribution in [1.82, 2.24) is 15.3 Å². The number of amides is 1. The van der Waals surface area contributed by atoms with Crippen molar-refractivity contribution in [3.8, 4) is 0 Å². The van der Waals surface area contributed by atoms with Gasteiger partial charge in [-0.1, -0.05) is 6.07 Å². The first-order chi connectivity index (χ1) is 13.2. The predicted molar refractivity (Wildman–Crippen MR) is 91.5 cm³/mol. The van der Waals surface area contributed by atoms with Crippen molar-refractivity contribution in [3.63, 3.8) is 0 Å². The minimum absolute atomic E-state index is 0.230. The Morgan fingerprint density at radius 3 is 2.21 bits per heavy atom. The lowest BCUT2D eigenvalue weighted by atomic mass is 10.0. The third-order valence-corrected chi connectivity index (χ3v) is 4.12. The SMILES string of the molecule is COC(=O)[C@@](NC(C)=O)([NH+](Cc1ccncc1)Cc1cccnc1)C(F)(F)F. The van der Waals surface area contributed by atoms with Crippen LogP contribution in [0, 0.1) is 0 Å². The van der Waals surface area contributed by atoms with E-state index in [-0.39, 0.29) is 18.0 Å². The van der Waals surface area contributed by atoms with Crippen LogP contribution in [0.5, 0.6) is 0 Å². The maximum absolute atomic E-state index is 14.3. The second-order valence-corrected chi connectivity index (χ2v) is 6.09. The highest BCUT2D eigenvalue weighted by molar-refractivity contribution is 5.86. The van der Waals surface area contributed by atoms with Crippen LogP contribution in [0.3, 0.4) is 0 Å². The third kappa shape index (κ3) is 4.63. The molecule has 0 radical (unpaired) electrons. The fraction of sp³-hybridized carbons (Fsp3) is 0.333. The summed E-state index contributed by atoms with van der Waals surface area (Å²) >= 11 is 0. The number of esters is 1. The molecule has 2 aromatic rings. The Balaban J connectivity index is 2.61. The average molecular weight is 397 g/mol. The van der Waals surface area contributed by atoms with E-state index < -0.39 is 23.7 Å². The Kier molecular flexibility index (Phi) is 6.68. The first-order valence-corrected chi connectivity index (χ1v) is 8.27. The summed E-state index contributed by atoms with van der Waals surface area (Å²) in [6.45, 7) is 0.439. The molecular weight excluding hydrogens is 377 g/mol. The van der Waals surface area contributed by atoms with Crippen LogP contribution >= 0.6 is 0 Å². The number of alkyl halides is 3. The molecule has 0 bridgehead atoms. The number of rotatable bonds is 7. The molecule has 2 heterocycles. The average Bonchev–Trinajstić information content (AvgIpc) is 2.65. The van der Waals surface area contributed by atoms with Gasteiger partial charge < -0.3 is 4.74 Å². The van der Waals surface area contributed by atoms with Crippen molar-refractivity contribution in [2.24, 2.45) is 0 Å². The van der Waals surface area contributed by atoms with Crippen LogP contribution in [0.2, 0.25) is 0 Å². The standard InChI is InChI=1S/C18H19F3N4O3/c1-13(26)24-17(16(27)28-2,18(19,20)21)25(11-14-5-8-22-9-6-14)12-15-4-3-7-23-10-15/h3-10H,11-12H2,1-2H3,(H,24,26)/p+1/t17-/m1/s1. The number of nitrogens with zero attached hydrogens (tertiary/aromatic N) is 2. The molecule has 0 aromatic carbocycles. The number of halogens is 3. The second-order valence-electron chi connectivity index (χ2n) is 6.09. The fourth-order valence-electron chi connectivity index (χ4n) is 2.91. The van der Waals surface area contributed by atoms with Gasteiger partial charge in [0.05, 0.1) is 7.11 Å². The van der Waals surface area contributed by atoms with Gasteiger partial charge in [0.1, 0.15) is 13.1 Å². The van der Waals surface area contributed by atoms with E-state index in [2.05, 4.69) is 14.7 Å². The lowest BCUT2D eigenvalue weighted by Gasteiger charge is -2.39. The van der Waals surface area contributed by atoms with E-state index in [0.717, 1.165) is 14.0 Å². The molecule has 0 aliphatic heterocycles. The highest BCUT2D eigenvalue weighted by Crippen LogP contribution is 2.28. The van der Waals surface area contributed by atoms with E-state index in [1.165, 1.54) is 36.9 Å². The molecule has 1 unspecified atom stereocenters. The molecular formula is C18H20F3N4O3+. The van der Waals surface area contributed by atoms with Crippen molar-refractivity contribution >= 4 is 11.9 Å². The smallest absolute Gasteiger partial charge is 0.463 e. The molecule has 0 spiro atoms. The number of nitrogens with one attached hydrogen (secondary N) is 2. The van der Waals surface area contributed by atoms with E-state index in [9.17, 15) is 22.8 Å². The Bertz CT molecular complexity index is 761. The Morgan fingerprint density at radius 1 is 1.07 bits per heavy atom. The topological polar surface area (TPSA) is 85.6 Å². The molecule has 0 saturated carbocycles. The van der Waals surface area contributed by atoms with Crippen LogP contribution in [-0.2, 0) is 27.4 Å². The number of ether oxygens (including phenoxy) is 1. The van der Waals surface area contributed by atoms with Gasteiger partial charge in [0.25, 0.3) is 0 Å². The maximum atomic E-state index is 14.3. The lowest BCUT2D eigenvalue weighted by molar-refractivity contribution is -0.983. The van der Waals surface area contributed by atoms with Gasteiger partial charge in [-0.15, -0.1) is 0 Å². The van der Waals surface area contributed by atoms with Crippen LogP contribution in [-0.4, -0.2) is 40.8 Å². The molecule has 2 N–H and O–H groups in total. The predicted octanol–water partition coefficient (Wildman–Crippen LogP) is 0.629. The molecule has 150 valence electrons. The van der Waals surface area contributed by atoms with Crippen LogP contribution in [0.15, 0.2) is 49.1 Å². The molecule has 28 heavy (non-hydrogen) atoms. The molecule has 2 aromatic heterocycles. The van der Waals surface area contributed by atoms with Crippen molar-refractivity contribution in [2.45, 2.75) is 31.9 Å². The highest BCUT2D eigenvalue weighted by Gasteiger charge is 2.70. The molecule has 0 fully saturated rings. The van der Waals surface area contributed by atoms with Crippen LogP contribution < -0.4 is 10.2 Å². The number of quaternary nitrogens is 1. The summed E-state index contributed by atoms with van der Waals surface area (Å²) in [5.74, 6) is -2.62. The molecule has 0 aliphatic carbocycles. The molecule has 2 atom stereocenters. The van der Waals surface area contributed by atoms with Gasteiger partial charge in [0, 0.05) is 42.8 Å². The number of hydrogen-bond donors (Lipinski definition) is 2. The van der Waals surface area contributed by atoms with E-state index >= 15 is 0 Å². The van der Waals surface area contributed by atoms with Gasteiger partial charge in [0.15, 0.2) is 0 Å². The molecule has 0 saturated heterocycles. The van der Waals surface area contributed by atoms with Crippen molar-refractivity contribution in [3.05, 3.63) is 60.2 Å². The monoisotopic (exact) mass is 397 g/mol. The summed E-state index contributed by atoms with van der Waals surface area (Å²) in [7, 11) is 0.846. The van der Waals surface area contributed by atoms with Gasteiger partial charge in [-0.3, -0.25) is 25.0 Å². The second kappa shape index (κ2) is 8.79. The maximum Gasteiger partial charge on any atom is 0.478 e. The first kappa shape index (κ1) is 21.3. The zero-order valence-electron chi connectivity index (χ0n) is 15.3. The fourth-order valence-corrected chi connectivity index (χ4v) is 2.91. The number of aromatic nitrogens is 2. The van der Waals surface area contributed by atoms with Gasteiger partial charge in [-0.25, -0.2) is 4.79 Å². The molecule has 0 aliphatic rings. The summed E-state index contributed by atoms with van der Waals surface area (Å²) < 4.78 is 47.3. The quantitative estimate of drug-likeness (QED) is 0.529. The Labute approximate surface area is 159 Å². The molecule has 7 nitrogen and oxygen atoms in total. The largest absolute Gasteiger partial charge is 0.478 e. The zero-order valence-corrected chi connectivity index (χ0v) is 15.3. The number of hydrogen-bond acceptors (Lipinski definition) is 5. The summed E-state index contributed by atoms with van der Waals surface area (Å²) in [6.07, 6.45) is 0.623.